The van der Waals surface area contributed by atoms with Gasteiger partial charge < -0.3 is 10.6 Å². The van der Waals surface area contributed by atoms with Gasteiger partial charge in [-0.1, -0.05) is 24.3 Å². The normalized spacial score (nSPS) is 21.6. The predicted molar refractivity (Wildman–Crippen MR) is 73.1 cm³/mol. The lowest BCUT2D eigenvalue weighted by molar-refractivity contribution is 0.209. The molecule has 1 unspecified atom stereocenters. The van der Waals surface area contributed by atoms with Gasteiger partial charge in [0.2, 0.25) is 0 Å². The summed E-state index contributed by atoms with van der Waals surface area (Å²) >= 11 is 0. The van der Waals surface area contributed by atoms with E-state index in [1.54, 1.807) is 0 Å². The zero-order chi connectivity index (χ0) is 12.1. The van der Waals surface area contributed by atoms with Crippen molar-refractivity contribution in [3.8, 4) is 0 Å². The Morgan fingerprint density at radius 2 is 2.18 bits per heavy atom. The van der Waals surface area contributed by atoms with Crippen LogP contribution >= 0.6 is 0 Å². The molecule has 0 aliphatic carbocycles. The van der Waals surface area contributed by atoms with E-state index in [1.807, 2.05) is 0 Å². The Bertz CT molecular complexity index is 349. The van der Waals surface area contributed by atoms with Crippen LogP contribution in [0.15, 0.2) is 24.3 Å². The molecule has 0 amide bonds. The quantitative estimate of drug-likeness (QED) is 0.861. The van der Waals surface area contributed by atoms with Crippen LogP contribution in [0.3, 0.4) is 0 Å². The van der Waals surface area contributed by atoms with E-state index in [-0.39, 0.29) is 0 Å². The largest absolute Gasteiger partial charge is 0.330 e. The van der Waals surface area contributed by atoms with Crippen molar-refractivity contribution >= 4 is 0 Å². The Hall–Kier alpha value is -0.860. The summed E-state index contributed by atoms with van der Waals surface area (Å²) in [6, 6.07) is 8.95. The molecule has 1 aromatic carbocycles. The summed E-state index contributed by atoms with van der Waals surface area (Å²) in [7, 11) is 2.23. The molecule has 1 fully saturated rings. The van der Waals surface area contributed by atoms with Gasteiger partial charge in [0.05, 0.1) is 0 Å². The minimum absolute atomic E-state index is 0.746. The lowest BCUT2D eigenvalue weighted by atomic mass is 9.91. The second-order valence-electron chi connectivity index (χ2n) is 5.33. The summed E-state index contributed by atoms with van der Waals surface area (Å²) in [5, 5.41) is 0. The second-order valence-corrected chi connectivity index (χ2v) is 5.33. The van der Waals surface area contributed by atoms with Gasteiger partial charge in [-0.25, -0.2) is 0 Å². The molecule has 1 aromatic rings. The van der Waals surface area contributed by atoms with E-state index in [2.05, 4.69) is 36.2 Å². The molecule has 0 spiro atoms. The van der Waals surface area contributed by atoms with E-state index in [4.69, 9.17) is 5.73 Å². The first-order valence-electron chi connectivity index (χ1n) is 6.74. The molecule has 0 aromatic heterocycles. The second kappa shape index (κ2) is 6.18. The highest BCUT2D eigenvalue weighted by molar-refractivity contribution is 5.24. The summed E-state index contributed by atoms with van der Waals surface area (Å²) in [4.78, 5) is 2.46. The van der Waals surface area contributed by atoms with E-state index in [9.17, 15) is 0 Å². The Morgan fingerprint density at radius 1 is 1.35 bits per heavy atom. The number of rotatable bonds is 4. The molecule has 2 heteroatoms. The summed E-state index contributed by atoms with van der Waals surface area (Å²) in [5.41, 5.74) is 8.47. The van der Waals surface area contributed by atoms with Crippen LogP contribution in [0.25, 0.3) is 0 Å². The maximum atomic E-state index is 5.61. The van der Waals surface area contributed by atoms with Gasteiger partial charge in [0.25, 0.3) is 0 Å². The molecule has 1 atom stereocenters. The van der Waals surface area contributed by atoms with Crippen molar-refractivity contribution in [3.63, 3.8) is 0 Å². The van der Waals surface area contributed by atoms with Crippen molar-refractivity contribution in [3.05, 3.63) is 35.4 Å². The zero-order valence-corrected chi connectivity index (χ0v) is 10.9. The first-order valence-corrected chi connectivity index (χ1v) is 6.74. The highest BCUT2D eigenvalue weighted by Gasteiger charge is 2.17. The van der Waals surface area contributed by atoms with E-state index in [1.165, 1.54) is 43.5 Å². The van der Waals surface area contributed by atoms with E-state index in [0.717, 1.165) is 18.9 Å². The first kappa shape index (κ1) is 12.6. The van der Waals surface area contributed by atoms with Crippen LogP contribution in [0.5, 0.6) is 0 Å². The van der Waals surface area contributed by atoms with Gasteiger partial charge in [-0.05, 0) is 62.9 Å². The molecule has 1 saturated heterocycles. The minimum Gasteiger partial charge on any atom is -0.330 e. The monoisotopic (exact) mass is 232 g/mol. The molecular formula is C15H24N2. The van der Waals surface area contributed by atoms with Crippen LogP contribution in [0.1, 0.15) is 24.0 Å². The summed E-state index contributed by atoms with van der Waals surface area (Å²) in [6.45, 7) is 3.26. The van der Waals surface area contributed by atoms with Gasteiger partial charge in [-0.15, -0.1) is 0 Å². The lowest BCUT2D eigenvalue weighted by Gasteiger charge is -2.29. The number of nitrogens with zero attached hydrogens (tertiary/aromatic N) is 1. The Labute approximate surface area is 105 Å². The third-order valence-electron chi connectivity index (χ3n) is 3.67. The molecule has 1 aliphatic heterocycles. The van der Waals surface area contributed by atoms with Crippen LogP contribution in [0.4, 0.5) is 0 Å². The fourth-order valence-corrected chi connectivity index (χ4v) is 2.85. The molecule has 1 aliphatic rings. The van der Waals surface area contributed by atoms with Gasteiger partial charge >= 0.3 is 0 Å². The van der Waals surface area contributed by atoms with Crippen LogP contribution in [0, 0.1) is 5.92 Å². The molecule has 1 heterocycles. The van der Waals surface area contributed by atoms with Crippen molar-refractivity contribution < 1.29 is 0 Å². The van der Waals surface area contributed by atoms with Crippen molar-refractivity contribution in [2.24, 2.45) is 11.7 Å². The third-order valence-corrected chi connectivity index (χ3v) is 3.67. The number of hydrogen-bond acceptors (Lipinski definition) is 2. The SMILES string of the molecule is CN1CCCC(Cc2cccc(CCN)c2)C1. The molecule has 2 N–H and O–H groups in total. The molecule has 0 radical (unpaired) electrons. The van der Waals surface area contributed by atoms with Gasteiger partial charge in [0.15, 0.2) is 0 Å². The summed E-state index contributed by atoms with van der Waals surface area (Å²) < 4.78 is 0. The first-order chi connectivity index (χ1) is 8.28. The predicted octanol–water partition coefficient (Wildman–Crippen LogP) is 2.07. The number of benzene rings is 1. The van der Waals surface area contributed by atoms with Gasteiger partial charge in [0.1, 0.15) is 0 Å². The number of likely N-dealkylation sites (tertiary alicyclic amines) is 1. The van der Waals surface area contributed by atoms with Crippen LogP contribution < -0.4 is 5.73 Å². The summed E-state index contributed by atoms with van der Waals surface area (Å²) in [6.07, 6.45) is 4.95. The van der Waals surface area contributed by atoms with Crippen molar-refractivity contribution in [2.75, 3.05) is 26.7 Å². The zero-order valence-electron chi connectivity index (χ0n) is 10.9. The third kappa shape index (κ3) is 3.83. The molecule has 2 nitrogen and oxygen atoms in total. The van der Waals surface area contributed by atoms with Gasteiger partial charge in [0, 0.05) is 6.54 Å². The molecular weight excluding hydrogens is 208 g/mol. The average molecular weight is 232 g/mol. The average Bonchev–Trinajstić information content (AvgIpc) is 2.30. The van der Waals surface area contributed by atoms with Gasteiger partial charge in [-0.2, -0.15) is 0 Å². The van der Waals surface area contributed by atoms with E-state index < -0.39 is 0 Å². The summed E-state index contributed by atoms with van der Waals surface area (Å²) in [5.74, 6) is 0.835. The smallest absolute Gasteiger partial charge is 0.000979 e. The molecule has 17 heavy (non-hydrogen) atoms. The fourth-order valence-electron chi connectivity index (χ4n) is 2.85. The molecule has 94 valence electrons. The van der Waals surface area contributed by atoms with Crippen molar-refractivity contribution in [2.45, 2.75) is 25.7 Å². The van der Waals surface area contributed by atoms with E-state index >= 15 is 0 Å². The standard InChI is InChI=1S/C15H24N2/c1-17-9-3-6-15(12-17)11-14-5-2-4-13(10-14)7-8-16/h2,4-5,10,15H,3,6-9,11-12,16H2,1H3. The Morgan fingerprint density at radius 3 is 2.94 bits per heavy atom. The molecule has 0 bridgehead atoms. The lowest BCUT2D eigenvalue weighted by Crippen LogP contribution is -2.32. The van der Waals surface area contributed by atoms with E-state index in [0.29, 0.717) is 0 Å². The molecule has 2 rings (SSSR count). The minimum atomic E-state index is 0.746. The Kier molecular flexibility index (Phi) is 4.57. The number of piperidine rings is 1. The van der Waals surface area contributed by atoms with Crippen molar-refractivity contribution in [1.82, 2.24) is 4.90 Å². The highest BCUT2D eigenvalue weighted by atomic mass is 15.1. The number of hydrogen-bond donors (Lipinski definition) is 1. The maximum absolute atomic E-state index is 5.61. The topological polar surface area (TPSA) is 29.3 Å². The van der Waals surface area contributed by atoms with Crippen LogP contribution in [0.2, 0.25) is 0 Å². The van der Waals surface area contributed by atoms with Crippen LogP contribution in [-0.2, 0) is 12.8 Å². The number of nitrogens with two attached hydrogens (primary N) is 1. The Balaban J connectivity index is 1.95. The van der Waals surface area contributed by atoms with Crippen molar-refractivity contribution in [1.29, 1.82) is 0 Å². The highest BCUT2D eigenvalue weighted by Crippen LogP contribution is 2.20. The molecule has 0 saturated carbocycles. The maximum Gasteiger partial charge on any atom is 0.000979 e. The van der Waals surface area contributed by atoms with Crippen LogP contribution in [-0.4, -0.2) is 31.6 Å². The fraction of sp³-hybridized carbons (Fsp3) is 0.600. The van der Waals surface area contributed by atoms with Gasteiger partial charge in [-0.3, -0.25) is 0 Å².